The number of rotatable bonds is 7. The van der Waals surface area contributed by atoms with E-state index in [4.69, 9.17) is 9.47 Å². The highest BCUT2D eigenvalue weighted by molar-refractivity contribution is 7.89. The molecule has 1 N–H and O–H groups in total. The molecule has 1 atom stereocenters. The van der Waals surface area contributed by atoms with Crippen molar-refractivity contribution in [3.63, 3.8) is 0 Å². The van der Waals surface area contributed by atoms with Crippen molar-refractivity contribution >= 4 is 10.0 Å². The van der Waals surface area contributed by atoms with Gasteiger partial charge in [0, 0.05) is 13.2 Å². The Morgan fingerprint density at radius 2 is 2.24 bits per heavy atom. The van der Waals surface area contributed by atoms with Crippen LogP contribution in [0.5, 0.6) is 0 Å². The lowest BCUT2D eigenvalue weighted by molar-refractivity contribution is 0.0656. The molecular weight excluding hydrogens is 290 g/mol. The van der Waals surface area contributed by atoms with Crippen molar-refractivity contribution < 1.29 is 17.9 Å². The molecule has 1 aliphatic heterocycles. The third-order valence-electron chi connectivity index (χ3n) is 3.32. The molecule has 0 bridgehead atoms. The van der Waals surface area contributed by atoms with Crippen molar-refractivity contribution in [1.29, 1.82) is 0 Å². The Morgan fingerprint density at radius 1 is 1.43 bits per heavy atom. The summed E-state index contributed by atoms with van der Waals surface area (Å²) in [5.74, 6) is 0. The molecule has 1 heterocycles. The van der Waals surface area contributed by atoms with E-state index in [1.165, 1.54) is 0 Å². The molecule has 0 spiro atoms. The van der Waals surface area contributed by atoms with Crippen LogP contribution in [0.25, 0.3) is 0 Å². The van der Waals surface area contributed by atoms with Crippen LogP contribution < -0.4 is 4.72 Å². The molecule has 0 amide bonds. The maximum absolute atomic E-state index is 12.3. The van der Waals surface area contributed by atoms with Crippen molar-refractivity contribution in [1.82, 2.24) is 4.72 Å². The minimum atomic E-state index is -3.49. The van der Waals surface area contributed by atoms with Gasteiger partial charge in [0.1, 0.15) is 0 Å². The quantitative estimate of drug-likeness (QED) is 0.837. The van der Waals surface area contributed by atoms with Gasteiger partial charge in [0.05, 0.1) is 23.7 Å². The second-order valence-electron chi connectivity index (χ2n) is 5.49. The van der Waals surface area contributed by atoms with E-state index in [2.05, 4.69) is 4.72 Å². The smallest absolute Gasteiger partial charge is 0.240 e. The second-order valence-corrected chi connectivity index (χ2v) is 7.26. The Labute approximate surface area is 126 Å². The summed E-state index contributed by atoms with van der Waals surface area (Å²) in [7, 11) is -3.49. The van der Waals surface area contributed by atoms with E-state index < -0.39 is 10.0 Å². The molecule has 5 nitrogen and oxygen atoms in total. The average molecular weight is 313 g/mol. The number of hydrogen-bond acceptors (Lipinski definition) is 4. The molecule has 118 valence electrons. The first-order valence-electron chi connectivity index (χ1n) is 7.29. The molecule has 0 saturated carbocycles. The van der Waals surface area contributed by atoms with E-state index in [-0.39, 0.29) is 17.1 Å². The Balaban J connectivity index is 1.99. The molecule has 2 rings (SSSR count). The van der Waals surface area contributed by atoms with Gasteiger partial charge in [-0.05, 0) is 44.4 Å². The van der Waals surface area contributed by atoms with Crippen LogP contribution in [0.15, 0.2) is 29.2 Å². The molecule has 1 aliphatic rings. The highest BCUT2D eigenvalue weighted by Gasteiger charge is 2.20. The lowest BCUT2D eigenvalue weighted by Crippen LogP contribution is -2.31. The van der Waals surface area contributed by atoms with Gasteiger partial charge in [0.15, 0.2) is 0 Å². The fourth-order valence-corrected chi connectivity index (χ4v) is 3.29. The fourth-order valence-electron chi connectivity index (χ4n) is 2.16. The first kappa shape index (κ1) is 16.4. The Morgan fingerprint density at radius 3 is 2.90 bits per heavy atom. The Kier molecular flexibility index (Phi) is 5.75. The predicted octanol–water partition coefficient (Wildman–Crippen LogP) is 2.07. The van der Waals surface area contributed by atoms with Crippen LogP contribution in [0, 0.1) is 0 Å². The Bertz CT molecular complexity index is 551. The van der Waals surface area contributed by atoms with Gasteiger partial charge in [-0.2, -0.15) is 0 Å². The summed E-state index contributed by atoms with van der Waals surface area (Å²) in [6.07, 6.45) is 2.01. The monoisotopic (exact) mass is 313 g/mol. The summed E-state index contributed by atoms with van der Waals surface area (Å²) in [5.41, 5.74) is 0.851. The summed E-state index contributed by atoms with van der Waals surface area (Å²) in [4.78, 5) is 0.269. The van der Waals surface area contributed by atoms with Gasteiger partial charge in [-0.1, -0.05) is 12.1 Å². The fraction of sp³-hybridized carbons (Fsp3) is 0.600. The van der Waals surface area contributed by atoms with Gasteiger partial charge in [-0.3, -0.25) is 0 Å². The van der Waals surface area contributed by atoms with Crippen molar-refractivity contribution in [2.24, 2.45) is 0 Å². The molecule has 6 heteroatoms. The van der Waals surface area contributed by atoms with Crippen LogP contribution in [-0.4, -0.2) is 33.8 Å². The lowest BCUT2D eigenvalue weighted by atomic mass is 10.2. The van der Waals surface area contributed by atoms with Crippen LogP contribution in [0.2, 0.25) is 0 Å². The molecule has 0 aromatic heterocycles. The van der Waals surface area contributed by atoms with Crippen LogP contribution in [0.1, 0.15) is 32.3 Å². The van der Waals surface area contributed by atoms with E-state index in [0.717, 1.165) is 18.4 Å². The van der Waals surface area contributed by atoms with Gasteiger partial charge in [0.25, 0.3) is 0 Å². The number of nitrogens with one attached hydrogen (secondary N) is 1. The maximum Gasteiger partial charge on any atom is 0.240 e. The summed E-state index contributed by atoms with van der Waals surface area (Å²) in [6, 6.07) is 6.85. The topological polar surface area (TPSA) is 64.6 Å². The summed E-state index contributed by atoms with van der Waals surface area (Å²) in [5, 5.41) is 0. The molecule has 0 unspecified atom stereocenters. The molecule has 1 fully saturated rings. The highest BCUT2D eigenvalue weighted by atomic mass is 32.2. The number of ether oxygens (including phenoxy) is 2. The van der Waals surface area contributed by atoms with Gasteiger partial charge < -0.3 is 9.47 Å². The largest absolute Gasteiger partial charge is 0.377 e. The summed E-state index contributed by atoms with van der Waals surface area (Å²) >= 11 is 0. The average Bonchev–Trinajstić information content (AvgIpc) is 2.97. The third kappa shape index (κ3) is 5.07. The van der Waals surface area contributed by atoms with Gasteiger partial charge in [-0.25, -0.2) is 13.1 Å². The molecule has 0 aliphatic carbocycles. The molecule has 0 radical (unpaired) electrons. The van der Waals surface area contributed by atoms with Crippen LogP contribution in [0.4, 0.5) is 0 Å². The van der Waals surface area contributed by atoms with Crippen LogP contribution in [-0.2, 0) is 26.1 Å². The van der Waals surface area contributed by atoms with Crippen molar-refractivity contribution in [2.75, 3.05) is 13.2 Å². The number of benzene rings is 1. The van der Waals surface area contributed by atoms with Crippen molar-refractivity contribution in [3.05, 3.63) is 29.8 Å². The minimum absolute atomic E-state index is 0.00719. The number of hydrogen-bond donors (Lipinski definition) is 1. The first-order chi connectivity index (χ1) is 9.97. The molecular formula is C15H23NO4S. The second kappa shape index (κ2) is 7.35. The van der Waals surface area contributed by atoms with E-state index in [1.807, 2.05) is 19.9 Å². The lowest BCUT2D eigenvalue weighted by Gasteiger charge is -2.12. The van der Waals surface area contributed by atoms with Crippen LogP contribution >= 0.6 is 0 Å². The predicted molar refractivity (Wildman–Crippen MR) is 80.5 cm³/mol. The van der Waals surface area contributed by atoms with Crippen molar-refractivity contribution in [2.45, 2.75) is 50.4 Å². The van der Waals surface area contributed by atoms with Gasteiger partial charge in [-0.15, -0.1) is 0 Å². The maximum atomic E-state index is 12.3. The highest BCUT2D eigenvalue weighted by Crippen LogP contribution is 2.15. The molecule has 1 saturated heterocycles. The molecule has 1 aromatic rings. The van der Waals surface area contributed by atoms with E-state index in [1.54, 1.807) is 18.2 Å². The Hall–Kier alpha value is -0.950. The van der Waals surface area contributed by atoms with Gasteiger partial charge >= 0.3 is 0 Å². The molecule has 1 aromatic carbocycles. The van der Waals surface area contributed by atoms with E-state index >= 15 is 0 Å². The van der Waals surface area contributed by atoms with Gasteiger partial charge in [0.2, 0.25) is 10.0 Å². The zero-order chi connectivity index (χ0) is 15.3. The third-order valence-corrected chi connectivity index (χ3v) is 4.74. The summed E-state index contributed by atoms with van der Waals surface area (Å²) in [6.45, 7) is 5.35. The first-order valence-corrected chi connectivity index (χ1v) is 8.77. The minimum Gasteiger partial charge on any atom is -0.377 e. The number of sulfonamides is 1. The zero-order valence-corrected chi connectivity index (χ0v) is 13.4. The summed E-state index contributed by atoms with van der Waals surface area (Å²) < 4.78 is 38.1. The zero-order valence-electron chi connectivity index (χ0n) is 12.5. The van der Waals surface area contributed by atoms with E-state index in [9.17, 15) is 8.42 Å². The SMILES string of the molecule is CC(C)OCc1cccc(S(=O)(=O)NC[C@H]2CCCO2)c1. The normalized spacial score (nSPS) is 19.3. The van der Waals surface area contributed by atoms with Crippen LogP contribution in [0.3, 0.4) is 0 Å². The van der Waals surface area contributed by atoms with E-state index in [0.29, 0.717) is 19.8 Å². The standard InChI is InChI=1S/C15H23NO4S/c1-12(2)20-11-13-5-3-7-15(9-13)21(17,18)16-10-14-6-4-8-19-14/h3,5,7,9,12,14,16H,4,6,8,10-11H2,1-2H3/t14-/m1/s1. The van der Waals surface area contributed by atoms with Crippen molar-refractivity contribution in [3.8, 4) is 0 Å². The molecule has 21 heavy (non-hydrogen) atoms.